The minimum atomic E-state index is -0.133. The summed E-state index contributed by atoms with van der Waals surface area (Å²) >= 11 is 0. The van der Waals surface area contributed by atoms with Gasteiger partial charge in [-0.2, -0.15) is 0 Å². The minimum Gasteiger partial charge on any atom is -0.494 e. The smallest absolute Gasteiger partial charge is 0.162 e. The Balaban J connectivity index is 2.21. The summed E-state index contributed by atoms with van der Waals surface area (Å²) in [4.78, 5) is 11.2. The first kappa shape index (κ1) is 7.84. The molecule has 0 amide bonds. The van der Waals surface area contributed by atoms with Crippen LogP contribution < -0.4 is 0 Å². The number of carbonyl (C=O) groups is 1. The van der Waals surface area contributed by atoms with Crippen LogP contribution in [0.2, 0.25) is 0 Å². The van der Waals surface area contributed by atoms with E-state index in [0.29, 0.717) is 12.3 Å². The van der Waals surface area contributed by atoms with E-state index < -0.39 is 0 Å². The molecule has 2 heteroatoms. The van der Waals surface area contributed by atoms with E-state index in [-0.39, 0.29) is 11.4 Å². The Kier molecular flexibility index (Phi) is 1.71. The van der Waals surface area contributed by atoms with Crippen molar-refractivity contribution in [3.8, 4) is 0 Å². The van der Waals surface area contributed by atoms with Crippen molar-refractivity contribution in [1.29, 1.82) is 0 Å². The van der Waals surface area contributed by atoms with E-state index in [1.165, 1.54) is 18.9 Å². The standard InChI is InChI=1S/C10H14O2/c1-8-3-2-5-10(8)7-9(11)4-6-12-10/h4,6,8H,2-3,5,7H2,1H3. The molecule has 1 fully saturated rings. The maximum atomic E-state index is 11.2. The van der Waals surface area contributed by atoms with Crippen molar-refractivity contribution in [2.45, 2.75) is 38.2 Å². The third-order valence-electron chi connectivity index (χ3n) is 3.17. The van der Waals surface area contributed by atoms with Gasteiger partial charge in [-0.05, 0) is 25.2 Å². The van der Waals surface area contributed by atoms with Gasteiger partial charge in [-0.15, -0.1) is 0 Å². The highest BCUT2D eigenvalue weighted by Gasteiger charge is 2.44. The van der Waals surface area contributed by atoms with Crippen LogP contribution >= 0.6 is 0 Å². The van der Waals surface area contributed by atoms with Crippen molar-refractivity contribution < 1.29 is 9.53 Å². The fourth-order valence-electron chi connectivity index (χ4n) is 2.30. The molecule has 2 aliphatic rings. The van der Waals surface area contributed by atoms with Crippen LogP contribution in [0.1, 0.15) is 32.6 Å². The zero-order chi connectivity index (χ0) is 8.60. The van der Waals surface area contributed by atoms with E-state index in [1.807, 2.05) is 0 Å². The predicted octanol–water partition coefficient (Wildman–Crippen LogP) is 2.05. The lowest BCUT2D eigenvalue weighted by Gasteiger charge is -2.34. The monoisotopic (exact) mass is 166 g/mol. The number of allylic oxidation sites excluding steroid dienone is 1. The number of rotatable bonds is 0. The first-order chi connectivity index (χ1) is 5.73. The van der Waals surface area contributed by atoms with Gasteiger partial charge in [0.05, 0.1) is 12.7 Å². The van der Waals surface area contributed by atoms with E-state index in [4.69, 9.17) is 4.74 Å². The molecule has 2 nitrogen and oxygen atoms in total. The number of hydrogen-bond acceptors (Lipinski definition) is 2. The van der Waals surface area contributed by atoms with Crippen LogP contribution in [-0.2, 0) is 9.53 Å². The van der Waals surface area contributed by atoms with Crippen LogP contribution in [0.3, 0.4) is 0 Å². The van der Waals surface area contributed by atoms with Gasteiger partial charge in [0, 0.05) is 6.08 Å². The molecule has 2 unspecified atom stereocenters. The number of ketones is 1. The van der Waals surface area contributed by atoms with E-state index in [9.17, 15) is 4.79 Å². The largest absolute Gasteiger partial charge is 0.494 e. The first-order valence-corrected chi connectivity index (χ1v) is 4.60. The molecule has 0 aromatic rings. The molecule has 1 aliphatic heterocycles. The number of hydrogen-bond donors (Lipinski definition) is 0. The van der Waals surface area contributed by atoms with Gasteiger partial charge in [-0.3, -0.25) is 4.79 Å². The normalized spacial score (nSPS) is 40.4. The van der Waals surface area contributed by atoms with Gasteiger partial charge in [0.1, 0.15) is 5.60 Å². The molecular weight excluding hydrogens is 152 g/mol. The van der Waals surface area contributed by atoms with Crippen LogP contribution in [0.15, 0.2) is 12.3 Å². The maximum absolute atomic E-state index is 11.2. The summed E-state index contributed by atoms with van der Waals surface area (Å²) in [5, 5.41) is 0. The summed E-state index contributed by atoms with van der Waals surface area (Å²) in [6.07, 6.45) is 7.14. The topological polar surface area (TPSA) is 26.3 Å². The summed E-state index contributed by atoms with van der Waals surface area (Å²) < 4.78 is 5.61. The molecule has 1 heterocycles. The molecule has 0 aromatic heterocycles. The third kappa shape index (κ3) is 1.06. The molecule has 2 rings (SSSR count). The number of carbonyl (C=O) groups excluding carboxylic acids is 1. The fourth-order valence-corrected chi connectivity index (χ4v) is 2.30. The molecule has 0 saturated heterocycles. The average molecular weight is 166 g/mol. The fraction of sp³-hybridized carbons (Fsp3) is 0.700. The van der Waals surface area contributed by atoms with Crippen LogP contribution in [0.5, 0.6) is 0 Å². The van der Waals surface area contributed by atoms with Crippen molar-refractivity contribution in [1.82, 2.24) is 0 Å². The molecular formula is C10H14O2. The second-order valence-corrected chi connectivity index (χ2v) is 3.92. The lowest BCUT2D eigenvalue weighted by atomic mass is 9.86. The van der Waals surface area contributed by atoms with Gasteiger partial charge in [-0.25, -0.2) is 0 Å². The van der Waals surface area contributed by atoms with Crippen LogP contribution in [0, 0.1) is 5.92 Å². The quantitative estimate of drug-likeness (QED) is 0.550. The lowest BCUT2D eigenvalue weighted by molar-refractivity contribution is -0.124. The van der Waals surface area contributed by atoms with E-state index in [1.54, 1.807) is 6.26 Å². The predicted molar refractivity (Wildman–Crippen MR) is 45.6 cm³/mol. The Hall–Kier alpha value is -0.790. The summed E-state index contributed by atoms with van der Waals surface area (Å²) in [5.41, 5.74) is -0.133. The van der Waals surface area contributed by atoms with Crippen LogP contribution in [0.4, 0.5) is 0 Å². The second kappa shape index (κ2) is 2.61. The zero-order valence-corrected chi connectivity index (χ0v) is 7.38. The minimum absolute atomic E-state index is 0.133. The average Bonchev–Trinajstić information content (AvgIpc) is 2.33. The maximum Gasteiger partial charge on any atom is 0.162 e. The van der Waals surface area contributed by atoms with Crippen molar-refractivity contribution >= 4 is 5.78 Å². The summed E-state index contributed by atoms with van der Waals surface area (Å²) in [6, 6.07) is 0. The molecule has 0 N–H and O–H groups in total. The molecule has 12 heavy (non-hydrogen) atoms. The highest BCUT2D eigenvalue weighted by atomic mass is 16.5. The number of ether oxygens (including phenoxy) is 1. The van der Waals surface area contributed by atoms with Crippen LogP contribution in [-0.4, -0.2) is 11.4 Å². The van der Waals surface area contributed by atoms with Crippen molar-refractivity contribution in [2.24, 2.45) is 5.92 Å². The molecule has 1 saturated carbocycles. The highest BCUT2D eigenvalue weighted by molar-refractivity contribution is 5.90. The highest BCUT2D eigenvalue weighted by Crippen LogP contribution is 2.42. The third-order valence-corrected chi connectivity index (χ3v) is 3.17. The van der Waals surface area contributed by atoms with E-state index in [0.717, 1.165) is 6.42 Å². The molecule has 0 radical (unpaired) electrons. The molecule has 0 bridgehead atoms. The van der Waals surface area contributed by atoms with Gasteiger partial charge in [0.15, 0.2) is 5.78 Å². The Morgan fingerprint density at radius 1 is 1.67 bits per heavy atom. The summed E-state index contributed by atoms with van der Waals surface area (Å²) in [5.74, 6) is 0.751. The Morgan fingerprint density at radius 2 is 2.50 bits per heavy atom. The van der Waals surface area contributed by atoms with E-state index in [2.05, 4.69) is 6.92 Å². The van der Waals surface area contributed by atoms with Crippen LogP contribution in [0.25, 0.3) is 0 Å². The molecule has 2 atom stereocenters. The molecule has 66 valence electrons. The molecule has 0 aromatic carbocycles. The van der Waals surface area contributed by atoms with Gasteiger partial charge < -0.3 is 4.74 Å². The van der Waals surface area contributed by atoms with Gasteiger partial charge >= 0.3 is 0 Å². The second-order valence-electron chi connectivity index (χ2n) is 3.92. The first-order valence-electron chi connectivity index (χ1n) is 4.60. The van der Waals surface area contributed by atoms with Gasteiger partial charge in [-0.1, -0.05) is 6.92 Å². The Morgan fingerprint density at radius 3 is 3.08 bits per heavy atom. The molecule has 1 spiro atoms. The van der Waals surface area contributed by atoms with Gasteiger partial charge in [0.25, 0.3) is 0 Å². The molecule has 1 aliphatic carbocycles. The summed E-state index contributed by atoms with van der Waals surface area (Å²) in [6.45, 7) is 2.18. The Labute approximate surface area is 72.6 Å². The van der Waals surface area contributed by atoms with Crippen molar-refractivity contribution in [2.75, 3.05) is 0 Å². The van der Waals surface area contributed by atoms with Crippen molar-refractivity contribution in [3.63, 3.8) is 0 Å². The van der Waals surface area contributed by atoms with Gasteiger partial charge in [0.2, 0.25) is 0 Å². The van der Waals surface area contributed by atoms with Crippen molar-refractivity contribution in [3.05, 3.63) is 12.3 Å². The van der Waals surface area contributed by atoms with E-state index >= 15 is 0 Å². The lowest BCUT2D eigenvalue weighted by Crippen LogP contribution is -2.38. The zero-order valence-electron chi connectivity index (χ0n) is 7.38. The summed E-state index contributed by atoms with van der Waals surface area (Å²) in [7, 11) is 0. The Bertz CT molecular complexity index is 232. The SMILES string of the molecule is CC1CCCC12CC(=O)C=CO2.